The molecular formula is C11H5F3N2O3S. The maximum atomic E-state index is 12.8. The first-order valence-electron chi connectivity index (χ1n) is 5.29. The Bertz CT molecular complexity index is 837. The van der Waals surface area contributed by atoms with Crippen molar-refractivity contribution in [3.8, 4) is 0 Å². The number of ketones is 1. The van der Waals surface area contributed by atoms with Gasteiger partial charge in [-0.3, -0.25) is 9.89 Å². The van der Waals surface area contributed by atoms with Gasteiger partial charge in [-0.05, 0) is 12.1 Å². The number of aromatic nitrogens is 2. The van der Waals surface area contributed by atoms with Crippen LogP contribution in [0.4, 0.5) is 13.2 Å². The number of H-pyrrole nitrogens is 1. The number of fused-ring (bicyclic) bond motifs is 2. The van der Waals surface area contributed by atoms with Crippen LogP contribution in [0, 0.1) is 0 Å². The number of nitrogens with one attached hydrogen (secondary N) is 1. The average Bonchev–Trinajstić information content (AvgIpc) is 2.82. The van der Waals surface area contributed by atoms with Crippen molar-refractivity contribution in [1.82, 2.24) is 10.2 Å². The summed E-state index contributed by atoms with van der Waals surface area (Å²) < 4.78 is 62.9. The highest BCUT2D eigenvalue weighted by molar-refractivity contribution is 7.91. The molecular weight excluding hydrogens is 297 g/mol. The van der Waals surface area contributed by atoms with Gasteiger partial charge in [0.15, 0.2) is 11.4 Å². The number of alkyl halides is 3. The highest BCUT2D eigenvalue weighted by atomic mass is 32.2. The van der Waals surface area contributed by atoms with Crippen molar-refractivity contribution < 1.29 is 26.4 Å². The summed E-state index contributed by atoms with van der Waals surface area (Å²) >= 11 is 0. The second kappa shape index (κ2) is 3.69. The molecule has 0 spiro atoms. The maximum absolute atomic E-state index is 12.8. The third-order valence-electron chi connectivity index (χ3n) is 2.91. The van der Waals surface area contributed by atoms with Crippen LogP contribution in [0.25, 0.3) is 0 Å². The number of aromatic amines is 1. The van der Waals surface area contributed by atoms with Gasteiger partial charge in [-0.15, -0.1) is 0 Å². The fourth-order valence-electron chi connectivity index (χ4n) is 2.07. The lowest BCUT2D eigenvalue weighted by atomic mass is 10.1. The summed E-state index contributed by atoms with van der Waals surface area (Å²) in [5.74, 6) is -0.850. The fraction of sp³-hybridized carbons (Fsp3) is 0.0909. The number of carbonyl (C=O) groups excluding carboxylic acids is 1. The minimum atomic E-state index is -4.94. The molecule has 1 N–H and O–H groups in total. The number of benzene rings is 1. The van der Waals surface area contributed by atoms with E-state index in [2.05, 4.69) is 5.10 Å². The summed E-state index contributed by atoms with van der Waals surface area (Å²) in [6, 6.07) is 5.09. The van der Waals surface area contributed by atoms with Gasteiger partial charge < -0.3 is 0 Å². The van der Waals surface area contributed by atoms with Crippen LogP contribution in [0.15, 0.2) is 34.1 Å². The van der Waals surface area contributed by atoms with Crippen molar-refractivity contribution in [1.29, 1.82) is 0 Å². The summed E-state index contributed by atoms with van der Waals surface area (Å²) in [5.41, 5.74) is -2.44. The molecule has 2 aromatic rings. The molecule has 0 unspecified atom stereocenters. The van der Waals surface area contributed by atoms with Crippen molar-refractivity contribution in [2.24, 2.45) is 0 Å². The predicted octanol–water partition coefficient (Wildman–Crippen LogP) is 1.81. The van der Waals surface area contributed by atoms with Crippen LogP contribution in [0.5, 0.6) is 0 Å². The standard InChI is InChI=1S/C11H5F3N2O3S/c12-11(13,14)10-9-7(15-16-10)8(17)5-3-1-2-4-6(5)20(9,18)19/h1-4H,(H,15,16). The molecule has 2 heterocycles. The highest BCUT2D eigenvalue weighted by Crippen LogP contribution is 2.40. The topological polar surface area (TPSA) is 79.9 Å². The molecule has 0 aliphatic carbocycles. The zero-order valence-corrected chi connectivity index (χ0v) is 10.3. The van der Waals surface area contributed by atoms with Crippen LogP contribution in [-0.4, -0.2) is 24.4 Å². The Kier molecular flexibility index (Phi) is 2.37. The summed E-state index contributed by atoms with van der Waals surface area (Å²) in [6.45, 7) is 0. The van der Waals surface area contributed by atoms with E-state index in [0.29, 0.717) is 0 Å². The van der Waals surface area contributed by atoms with E-state index in [-0.39, 0.29) is 5.56 Å². The number of rotatable bonds is 0. The molecule has 0 fully saturated rings. The van der Waals surface area contributed by atoms with Gasteiger partial charge in [-0.1, -0.05) is 12.1 Å². The molecule has 104 valence electrons. The van der Waals surface area contributed by atoms with Crippen LogP contribution >= 0.6 is 0 Å². The Morgan fingerprint density at radius 2 is 1.80 bits per heavy atom. The van der Waals surface area contributed by atoms with E-state index in [9.17, 15) is 26.4 Å². The van der Waals surface area contributed by atoms with E-state index in [1.165, 1.54) is 18.2 Å². The van der Waals surface area contributed by atoms with Crippen molar-refractivity contribution in [3.63, 3.8) is 0 Å². The Morgan fingerprint density at radius 3 is 2.45 bits per heavy atom. The maximum Gasteiger partial charge on any atom is 0.434 e. The fourth-order valence-corrected chi connectivity index (χ4v) is 3.82. The zero-order valence-electron chi connectivity index (χ0n) is 9.52. The van der Waals surface area contributed by atoms with Gasteiger partial charge in [0.25, 0.3) is 0 Å². The molecule has 0 saturated carbocycles. The molecule has 0 amide bonds. The van der Waals surface area contributed by atoms with Crippen molar-refractivity contribution in [2.75, 3.05) is 0 Å². The first-order chi connectivity index (χ1) is 9.24. The summed E-state index contributed by atoms with van der Waals surface area (Å²) in [6.07, 6.45) is -4.94. The van der Waals surface area contributed by atoms with Gasteiger partial charge in [0, 0.05) is 5.56 Å². The lowest BCUT2D eigenvalue weighted by Gasteiger charge is -2.16. The first-order valence-corrected chi connectivity index (χ1v) is 6.77. The number of sulfone groups is 1. The van der Waals surface area contributed by atoms with Crippen molar-refractivity contribution >= 4 is 15.6 Å². The molecule has 0 saturated heterocycles. The first kappa shape index (κ1) is 12.9. The van der Waals surface area contributed by atoms with Gasteiger partial charge in [0.2, 0.25) is 15.6 Å². The molecule has 20 heavy (non-hydrogen) atoms. The van der Waals surface area contributed by atoms with E-state index < -0.39 is 43.0 Å². The normalized spacial score (nSPS) is 16.6. The Balaban J connectivity index is 2.42. The second-order valence-electron chi connectivity index (χ2n) is 4.10. The van der Waals surface area contributed by atoms with Gasteiger partial charge in [0.05, 0.1) is 4.90 Å². The minimum Gasteiger partial charge on any atom is -0.287 e. The number of hydrogen-bond acceptors (Lipinski definition) is 4. The monoisotopic (exact) mass is 302 g/mol. The SMILES string of the molecule is O=C1c2ccccc2S(=O)(=O)c2c1n[nH]c2C(F)(F)F. The molecule has 0 radical (unpaired) electrons. The molecule has 1 aromatic heterocycles. The van der Waals surface area contributed by atoms with Crippen molar-refractivity contribution in [2.45, 2.75) is 16.0 Å². The molecule has 5 nitrogen and oxygen atoms in total. The Hall–Kier alpha value is -2.16. The van der Waals surface area contributed by atoms with Crippen LogP contribution in [0.2, 0.25) is 0 Å². The van der Waals surface area contributed by atoms with Crippen LogP contribution in [0.3, 0.4) is 0 Å². The van der Waals surface area contributed by atoms with Gasteiger partial charge in [-0.2, -0.15) is 18.3 Å². The van der Waals surface area contributed by atoms with Gasteiger partial charge >= 0.3 is 6.18 Å². The minimum absolute atomic E-state index is 0.180. The molecule has 1 aliphatic rings. The lowest BCUT2D eigenvalue weighted by molar-refractivity contribution is -0.143. The van der Waals surface area contributed by atoms with E-state index >= 15 is 0 Å². The number of halogens is 3. The molecule has 0 bridgehead atoms. The average molecular weight is 302 g/mol. The summed E-state index contributed by atoms with van der Waals surface area (Å²) in [5, 5.41) is 4.83. The summed E-state index contributed by atoms with van der Waals surface area (Å²) in [7, 11) is -4.44. The van der Waals surface area contributed by atoms with E-state index in [1.807, 2.05) is 0 Å². The molecule has 1 aromatic carbocycles. The zero-order chi connectivity index (χ0) is 14.7. The molecule has 9 heteroatoms. The van der Waals surface area contributed by atoms with Gasteiger partial charge in [-0.25, -0.2) is 8.42 Å². The third-order valence-corrected chi connectivity index (χ3v) is 4.78. The predicted molar refractivity (Wildman–Crippen MR) is 58.9 cm³/mol. The largest absolute Gasteiger partial charge is 0.434 e. The van der Waals surface area contributed by atoms with Gasteiger partial charge in [0.1, 0.15) is 4.90 Å². The van der Waals surface area contributed by atoms with Crippen LogP contribution < -0.4 is 0 Å². The van der Waals surface area contributed by atoms with Crippen molar-refractivity contribution in [3.05, 3.63) is 41.2 Å². The van der Waals surface area contributed by atoms with Crippen LogP contribution in [0.1, 0.15) is 21.7 Å². The number of hydrogen-bond donors (Lipinski definition) is 1. The second-order valence-corrected chi connectivity index (χ2v) is 5.96. The molecule has 1 aliphatic heterocycles. The number of nitrogens with zero attached hydrogens (tertiary/aromatic N) is 1. The van der Waals surface area contributed by atoms with E-state index in [4.69, 9.17) is 0 Å². The van der Waals surface area contributed by atoms with E-state index in [1.54, 1.807) is 5.10 Å². The Morgan fingerprint density at radius 1 is 1.15 bits per heavy atom. The molecule has 3 rings (SSSR count). The lowest BCUT2D eigenvalue weighted by Crippen LogP contribution is -2.22. The highest BCUT2D eigenvalue weighted by Gasteiger charge is 2.47. The smallest absolute Gasteiger partial charge is 0.287 e. The molecule has 0 atom stereocenters. The quantitative estimate of drug-likeness (QED) is 0.687. The Labute approximate surface area is 110 Å². The third kappa shape index (κ3) is 1.52. The summed E-state index contributed by atoms with van der Waals surface area (Å²) in [4.78, 5) is 10.5. The van der Waals surface area contributed by atoms with E-state index in [0.717, 1.165) is 6.07 Å². The van der Waals surface area contributed by atoms with Crippen LogP contribution in [-0.2, 0) is 16.0 Å². The number of carbonyl (C=O) groups is 1.